The van der Waals surface area contributed by atoms with Crippen molar-refractivity contribution in [1.29, 1.82) is 0 Å². The number of nitrogens with zero attached hydrogens (tertiary/aromatic N) is 6. The molecule has 0 fully saturated rings. The lowest BCUT2D eigenvalue weighted by Crippen LogP contribution is -2.42. The van der Waals surface area contributed by atoms with Gasteiger partial charge in [-0.15, -0.1) is 11.3 Å². The molecule has 0 saturated carbocycles. The Labute approximate surface area is 273 Å². The van der Waals surface area contributed by atoms with Crippen LogP contribution in [0.3, 0.4) is 0 Å². The van der Waals surface area contributed by atoms with Crippen LogP contribution in [0.2, 0.25) is 0 Å². The van der Waals surface area contributed by atoms with Crippen LogP contribution in [0, 0.1) is 11.6 Å². The Morgan fingerprint density at radius 2 is 1.94 bits per heavy atom. The number of hydrogen-bond acceptors (Lipinski definition) is 7. The van der Waals surface area contributed by atoms with Crippen molar-refractivity contribution in [3.05, 3.63) is 84.0 Å². The highest BCUT2D eigenvalue weighted by Crippen LogP contribution is 2.48. The predicted molar refractivity (Wildman–Crippen MR) is 178 cm³/mol. The smallest absolute Gasteiger partial charge is 0.246 e. The molecule has 1 aliphatic heterocycles. The molecule has 1 aliphatic rings. The number of halogens is 2. The van der Waals surface area contributed by atoms with Crippen molar-refractivity contribution in [3.63, 3.8) is 0 Å². The quantitative estimate of drug-likeness (QED) is 0.126. The molecule has 0 radical (unpaired) electrons. The van der Waals surface area contributed by atoms with E-state index >= 15 is 4.39 Å². The monoisotopic (exact) mass is 654 g/mol. The fourth-order valence-corrected chi connectivity index (χ4v) is 7.33. The van der Waals surface area contributed by atoms with Gasteiger partial charge < -0.3 is 14.4 Å². The third-order valence-electron chi connectivity index (χ3n) is 8.68. The van der Waals surface area contributed by atoms with Gasteiger partial charge in [-0.05, 0) is 49.6 Å². The summed E-state index contributed by atoms with van der Waals surface area (Å²) in [6.07, 6.45) is 3.12. The third kappa shape index (κ3) is 5.17. The van der Waals surface area contributed by atoms with Gasteiger partial charge in [-0.25, -0.2) is 13.8 Å². The maximum absolute atomic E-state index is 16.1. The van der Waals surface area contributed by atoms with Crippen LogP contribution >= 0.6 is 11.3 Å². The van der Waals surface area contributed by atoms with E-state index in [0.717, 1.165) is 38.3 Å². The molecule has 2 atom stereocenters. The molecule has 0 N–H and O–H groups in total. The Balaban J connectivity index is 1.52. The van der Waals surface area contributed by atoms with Crippen LogP contribution in [0.4, 0.5) is 8.78 Å². The van der Waals surface area contributed by atoms with E-state index < -0.39 is 11.6 Å². The van der Waals surface area contributed by atoms with E-state index in [-0.39, 0.29) is 42.5 Å². The summed E-state index contributed by atoms with van der Waals surface area (Å²) >= 11 is 1.43. The van der Waals surface area contributed by atoms with Crippen LogP contribution in [0.5, 0.6) is 5.75 Å². The first-order valence-corrected chi connectivity index (χ1v) is 16.1. The highest BCUT2D eigenvalue weighted by atomic mass is 32.1. The molecule has 2 aromatic carbocycles. The number of methoxy groups -OCH3 is 1. The molecule has 6 aromatic rings. The van der Waals surface area contributed by atoms with E-state index in [1.54, 1.807) is 11.1 Å². The van der Waals surface area contributed by atoms with Crippen LogP contribution in [0.15, 0.2) is 66.7 Å². The van der Waals surface area contributed by atoms with Gasteiger partial charge in [0.05, 0.1) is 47.4 Å². The van der Waals surface area contributed by atoms with Crippen molar-refractivity contribution in [2.75, 3.05) is 26.9 Å². The van der Waals surface area contributed by atoms with Gasteiger partial charge in [0, 0.05) is 59.4 Å². The summed E-state index contributed by atoms with van der Waals surface area (Å²) in [5.41, 5.74) is 4.75. The van der Waals surface area contributed by atoms with Crippen molar-refractivity contribution in [3.8, 4) is 39.5 Å². The van der Waals surface area contributed by atoms with Crippen molar-refractivity contribution in [2.45, 2.75) is 25.9 Å². The highest BCUT2D eigenvalue weighted by Gasteiger charge is 2.34. The molecular formula is C35H32F2N6O3S. The zero-order valence-electron chi connectivity index (χ0n) is 26.3. The SMILES string of the molecule is C=CC(=O)N1C[C@@H](C)n2nc(-c3nc(-c4ccc5c(cnn5C)c4)c4ccsc4c3-c3c(F)cc(F)cc3OCCOC)cc2[C@@H]1C. The van der Waals surface area contributed by atoms with Gasteiger partial charge in [0.15, 0.2) is 0 Å². The molecule has 0 aliphatic carbocycles. The maximum atomic E-state index is 16.1. The van der Waals surface area contributed by atoms with Gasteiger partial charge in [0.2, 0.25) is 5.91 Å². The molecule has 0 spiro atoms. The third-order valence-corrected chi connectivity index (χ3v) is 9.61. The summed E-state index contributed by atoms with van der Waals surface area (Å²) in [5, 5.41) is 13.1. The predicted octanol–water partition coefficient (Wildman–Crippen LogP) is 7.33. The molecular weight excluding hydrogens is 622 g/mol. The maximum Gasteiger partial charge on any atom is 0.246 e. The Hall–Kier alpha value is -4.94. The number of thiophene rings is 1. The zero-order chi connectivity index (χ0) is 33.0. The first kappa shape index (κ1) is 30.7. The number of aromatic nitrogens is 5. The Morgan fingerprint density at radius 3 is 2.72 bits per heavy atom. The number of aryl methyl sites for hydroxylation is 1. The summed E-state index contributed by atoms with van der Waals surface area (Å²) in [6, 6.07) is 11.5. The van der Waals surface area contributed by atoms with Crippen molar-refractivity contribution < 1.29 is 23.0 Å². The molecule has 0 unspecified atom stereocenters. The number of ether oxygens (including phenoxy) is 2. The van der Waals surface area contributed by atoms with Crippen LogP contribution in [0.1, 0.15) is 31.6 Å². The molecule has 0 saturated heterocycles. The van der Waals surface area contributed by atoms with Crippen LogP contribution < -0.4 is 4.74 Å². The van der Waals surface area contributed by atoms with Crippen LogP contribution in [0.25, 0.3) is 54.8 Å². The number of fused-ring (bicyclic) bond motifs is 3. The van der Waals surface area contributed by atoms with E-state index in [0.29, 0.717) is 29.2 Å². The molecule has 0 bridgehead atoms. The van der Waals surface area contributed by atoms with E-state index in [9.17, 15) is 9.18 Å². The van der Waals surface area contributed by atoms with Gasteiger partial charge in [-0.1, -0.05) is 12.6 Å². The van der Waals surface area contributed by atoms with Gasteiger partial charge >= 0.3 is 0 Å². The topological polar surface area (TPSA) is 87.3 Å². The van der Waals surface area contributed by atoms with E-state index in [4.69, 9.17) is 19.6 Å². The lowest BCUT2D eigenvalue weighted by molar-refractivity contribution is -0.129. The number of benzene rings is 2. The Kier molecular flexibility index (Phi) is 7.85. The molecule has 5 heterocycles. The van der Waals surface area contributed by atoms with Crippen molar-refractivity contribution in [2.24, 2.45) is 7.05 Å². The van der Waals surface area contributed by atoms with Crippen LogP contribution in [-0.4, -0.2) is 62.2 Å². The number of carbonyl (C=O) groups excluding carboxylic acids is 1. The average molecular weight is 655 g/mol. The van der Waals surface area contributed by atoms with Gasteiger partial charge in [0.1, 0.15) is 35.4 Å². The standard InChI is InChI=1S/C35H32F2N6O3S/c1-6-30(44)42-18-19(2)43-28(20(42)3)16-26(40-43)34-32(31-25(37)14-23(36)15-29(31)46-11-10-45-5)35-24(9-12-47-35)33(39-34)21-7-8-27-22(13-21)17-38-41(27)4/h6-9,12-17,19-20H,1,10-11,18H2,2-5H3/t19-,20+/m1/s1. The van der Waals surface area contributed by atoms with Gasteiger partial charge in [-0.3, -0.25) is 14.2 Å². The Bertz CT molecular complexity index is 2190. The second-order valence-corrected chi connectivity index (χ2v) is 12.5. The number of rotatable bonds is 8. The minimum atomic E-state index is -0.784. The van der Waals surface area contributed by atoms with Gasteiger partial charge in [0.25, 0.3) is 0 Å². The van der Waals surface area contributed by atoms with E-state index in [1.165, 1.54) is 30.6 Å². The van der Waals surface area contributed by atoms with Crippen LogP contribution in [-0.2, 0) is 16.6 Å². The molecule has 9 nitrogen and oxygen atoms in total. The highest BCUT2D eigenvalue weighted by molar-refractivity contribution is 7.18. The summed E-state index contributed by atoms with van der Waals surface area (Å²) < 4.78 is 46.3. The molecule has 1 amide bonds. The van der Waals surface area contributed by atoms with Gasteiger partial charge in [-0.2, -0.15) is 10.2 Å². The van der Waals surface area contributed by atoms with Crippen molar-refractivity contribution >= 4 is 38.2 Å². The fourth-order valence-electron chi connectivity index (χ4n) is 6.38. The summed E-state index contributed by atoms with van der Waals surface area (Å²) in [4.78, 5) is 19.7. The van der Waals surface area contributed by atoms with E-state index in [1.807, 2.05) is 66.0 Å². The number of pyridine rings is 1. The summed E-state index contributed by atoms with van der Waals surface area (Å²) in [5.74, 6) is -1.68. The zero-order valence-corrected chi connectivity index (χ0v) is 27.1. The first-order valence-electron chi connectivity index (χ1n) is 15.2. The minimum absolute atomic E-state index is 0.0373. The van der Waals surface area contributed by atoms with Crippen molar-refractivity contribution in [1.82, 2.24) is 29.4 Å². The molecule has 47 heavy (non-hydrogen) atoms. The molecule has 240 valence electrons. The lowest BCUT2D eigenvalue weighted by atomic mass is 9.96. The minimum Gasteiger partial charge on any atom is -0.490 e. The first-order chi connectivity index (χ1) is 22.7. The second kappa shape index (κ2) is 12.0. The molecule has 7 rings (SSSR count). The second-order valence-electron chi connectivity index (χ2n) is 11.6. The normalized spacial score (nSPS) is 16.2. The van der Waals surface area contributed by atoms with E-state index in [2.05, 4.69) is 11.7 Å². The number of amides is 1. The summed E-state index contributed by atoms with van der Waals surface area (Å²) in [6.45, 7) is 8.37. The Morgan fingerprint density at radius 1 is 1.11 bits per heavy atom. The number of carbonyl (C=O) groups is 1. The fraction of sp³-hybridized carbons (Fsp3) is 0.257. The lowest BCUT2D eigenvalue weighted by Gasteiger charge is -2.36. The molecule has 12 heteroatoms. The summed E-state index contributed by atoms with van der Waals surface area (Å²) in [7, 11) is 3.42. The number of hydrogen-bond donors (Lipinski definition) is 0. The largest absolute Gasteiger partial charge is 0.490 e. The average Bonchev–Trinajstić information content (AvgIpc) is 3.81. The molecule has 4 aromatic heterocycles.